The van der Waals surface area contributed by atoms with Gasteiger partial charge in [0.1, 0.15) is 5.82 Å². The Bertz CT molecular complexity index is 1280. The van der Waals surface area contributed by atoms with E-state index in [1.165, 1.54) is 12.1 Å². The second-order valence-corrected chi connectivity index (χ2v) is 10.0. The van der Waals surface area contributed by atoms with Crippen molar-refractivity contribution in [1.82, 2.24) is 9.71 Å². The maximum Gasteiger partial charge on any atom is 0.264 e. The summed E-state index contributed by atoms with van der Waals surface area (Å²) in [5, 5.41) is 3.28. The predicted molar refractivity (Wildman–Crippen MR) is 133 cm³/mol. The van der Waals surface area contributed by atoms with Gasteiger partial charge in [0.25, 0.3) is 15.9 Å². The molecule has 3 aromatic rings. The highest BCUT2D eigenvalue weighted by atomic mass is 32.2. The Labute approximate surface area is 195 Å². The lowest BCUT2D eigenvalue weighted by Crippen LogP contribution is -2.31. The number of benzene rings is 2. The quantitative estimate of drug-likeness (QED) is 0.476. The minimum Gasteiger partial charge on any atom is -0.368 e. The van der Waals surface area contributed by atoms with Crippen molar-refractivity contribution >= 4 is 27.8 Å². The first-order valence-electron chi connectivity index (χ1n) is 10.7. The molecule has 3 rings (SSSR count). The van der Waals surface area contributed by atoms with Crippen molar-refractivity contribution in [2.45, 2.75) is 45.6 Å². The van der Waals surface area contributed by atoms with Crippen LogP contribution in [0, 0.1) is 13.8 Å². The summed E-state index contributed by atoms with van der Waals surface area (Å²) >= 11 is 0. The van der Waals surface area contributed by atoms with E-state index in [1.807, 2.05) is 38.2 Å². The Balaban J connectivity index is 1.82. The van der Waals surface area contributed by atoms with Gasteiger partial charge in [-0.25, -0.2) is 18.1 Å². The van der Waals surface area contributed by atoms with Gasteiger partial charge in [-0.1, -0.05) is 30.3 Å². The zero-order valence-corrected chi connectivity index (χ0v) is 20.3. The van der Waals surface area contributed by atoms with Gasteiger partial charge in [0.15, 0.2) is 0 Å². The van der Waals surface area contributed by atoms with Crippen molar-refractivity contribution < 1.29 is 13.2 Å². The van der Waals surface area contributed by atoms with Gasteiger partial charge >= 0.3 is 0 Å². The molecule has 2 aromatic carbocycles. The summed E-state index contributed by atoms with van der Waals surface area (Å²) in [4.78, 5) is 17.1. The molecule has 172 valence electrons. The number of nitrogens with zero attached hydrogens (tertiary/aromatic N) is 1. The normalized spacial score (nSPS) is 12.0. The summed E-state index contributed by atoms with van der Waals surface area (Å²) in [5.74, 6) is 0.173. The highest BCUT2D eigenvalue weighted by Crippen LogP contribution is 2.28. The van der Waals surface area contributed by atoms with Crippen molar-refractivity contribution in [1.29, 1.82) is 0 Å². The third-order valence-corrected chi connectivity index (χ3v) is 6.48. The fourth-order valence-corrected chi connectivity index (χ4v) is 4.44. The number of hydrogen-bond donors (Lipinski definition) is 2. The van der Waals surface area contributed by atoms with Gasteiger partial charge in [-0.3, -0.25) is 4.79 Å². The topological polar surface area (TPSA) is 88.2 Å². The monoisotopic (exact) mass is 463 g/mol. The van der Waals surface area contributed by atoms with Crippen LogP contribution < -0.4 is 10.0 Å². The molecule has 6 nitrogen and oxygen atoms in total. The summed E-state index contributed by atoms with van der Waals surface area (Å²) in [5.41, 5.74) is 5.22. The summed E-state index contributed by atoms with van der Waals surface area (Å²) in [6.07, 6.45) is 3.55. The fourth-order valence-electron chi connectivity index (χ4n) is 3.40. The molecule has 0 atom stereocenters. The number of aromatic nitrogens is 1. The van der Waals surface area contributed by atoms with Crippen molar-refractivity contribution in [3.8, 4) is 11.1 Å². The number of amides is 1. The summed E-state index contributed by atoms with van der Waals surface area (Å²) in [6, 6.07) is 16.2. The molecule has 0 radical (unpaired) electrons. The van der Waals surface area contributed by atoms with Crippen LogP contribution in [-0.4, -0.2) is 25.4 Å². The number of nitrogens with one attached hydrogen (secondary N) is 2. The highest BCUT2D eigenvalue weighted by Gasteiger charge is 2.18. The number of rotatable bonds is 7. The van der Waals surface area contributed by atoms with Crippen LogP contribution in [0.3, 0.4) is 0 Å². The van der Waals surface area contributed by atoms with Crippen LogP contribution >= 0.6 is 0 Å². The predicted octanol–water partition coefficient (Wildman–Crippen LogP) is 5.09. The lowest BCUT2D eigenvalue weighted by molar-refractivity contribution is -0.115. The zero-order chi connectivity index (χ0) is 24.2. The highest BCUT2D eigenvalue weighted by molar-refractivity contribution is 7.90. The van der Waals surface area contributed by atoms with Crippen molar-refractivity contribution in [2.75, 3.05) is 5.32 Å². The SMILES string of the molecule is C/C(=C\c1cc(C)c(-c2ccc(NC(C)C)nc2)cc1C)C(=O)NS(=O)(=O)c1ccccc1. The van der Waals surface area contributed by atoms with Gasteiger partial charge in [0.05, 0.1) is 4.90 Å². The molecule has 0 saturated heterocycles. The third-order valence-electron chi connectivity index (χ3n) is 5.13. The summed E-state index contributed by atoms with van der Waals surface area (Å²) in [7, 11) is -3.92. The maximum atomic E-state index is 12.6. The van der Waals surface area contributed by atoms with E-state index in [2.05, 4.69) is 34.9 Å². The smallest absolute Gasteiger partial charge is 0.264 e. The number of carbonyl (C=O) groups excluding carboxylic acids is 1. The van der Waals surface area contributed by atoms with Crippen LogP contribution in [0.2, 0.25) is 0 Å². The minimum absolute atomic E-state index is 0.0470. The average molecular weight is 464 g/mol. The van der Waals surface area contributed by atoms with Crippen LogP contribution in [0.5, 0.6) is 0 Å². The van der Waals surface area contributed by atoms with Gasteiger partial charge in [-0.15, -0.1) is 0 Å². The number of anilines is 1. The molecule has 0 spiro atoms. The molecular formula is C26H29N3O3S. The number of hydrogen-bond acceptors (Lipinski definition) is 5. The Hall–Kier alpha value is -3.45. The lowest BCUT2D eigenvalue weighted by atomic mass is 9.95. The van der Waals surface area contributed by atoms with E-state index in [0.717, 1.165) is 33.6 Å². The molecular weight excluding hydrogens is 434 g/mol. The molecule has 0 aliphatic carbocycles. The molecule has 7 heteroatoms. The largest absolute Gasteiger partial charge is 0.368 e. The molecule has 0 bridgehead atoms. The number of carbonyl (C=O) groups is 1. The number of aryl methyl sites for hydroxylation is 2. The molecule has 0 aliphatic rings. The first-order chi connectivity index (χ1) is 15.6. The molecule has 1 aromatic heterocycles. The summed E-state index contributed by atoms with van der Waals surface area (Å²) < 4.78 is 27.0. The number of pyridine rings is 1. The van der Waals surface area contributed by atoms with Crippen LogP contribution in [-0.2, 0) is 14.8 Å². The van der Waals surface area contributed by atoms with Gasteiger partial charge in [0.2, 0.25) is 0 Å². The second-order valence-electron chi connectivity index (χ2n) is 8.33. The fraction of sp³-hybridized carbons (Fsp3) is 0.231. The maximum absolute atomic E-state index is 12.6. The Morgan fingerprint density at radius 3 is 2.30 bits per heavy atom. The van der Waals surface area contributed by atoms with Crippen molar-refractivity contribution in [3.63, 3.8) is 0 Å². The Morgan fingerprint density at radius 2 is 1.70 bits per heavy atom. The van der Waals surface area contributed by atoms with Gasteiger partial charge in [0, 0.05) is 23.4 Å². The Kier molecular flexibility index (Phi) is 7.33. The van der Waals surface area contributed by atoms with Crippen molar-refractivity contribution in [3.05, 3.63) is 83.1 Å². The molecule has 0 saturated carbocycles. The molecule has 2 N–H and O–H groups in total. The van der Waals surface area contributed by atoms with E-state index in [9.17, 15) is 13.2 Å². The van der Waals surface area contributed by atoms with E-state index < -0.39 is 15.9 Å². The van der Waals surface area contributed by atoms with E-state index in [1.54, 1.807) is 31.2 Å². The third kappa shape index (κ3) is 6.08. The second kappa shape index (κ2) is 10.0. The van der Waals surface area contributed by atoms with E-state index in [4.69, 9.17) is 0 Å². The summed E-state index contributed by atoms with van der Waals surface area (Å²) in [6.45, 7) is 9.69. The van der Waals surface area contributed by atoms with Gasteiger partial charge < -0.3 is 5.32 Å². The van der Waals surface area contributed by atoms with Crippen LogP contribution in [0.4, 0.5) is 5.82 Å². The van der Waals surface area contributed by atoms with Crippen molar-refractivity contribution in [2.24, 2.45) is 0 Å². The molecule has 0 aliphatic heterocycles. The standard InChI is InChI=1S/C26H29N3O3S/c1-17(2)28-25-12-11-21(16-27-25)24-15-18(3)22(13-19(24)4)14-20(5)26(30)29-33(31,32)23-9-7-6-8-10-23/h6-17H,1-5H3,(H,27,28)(H,29,30)/b20-14+. The zero-order valence-electron chi connectivity index (χ0n) is 19.5. The lowest BCUT2D eigenvalue weighted by Gasteiger charge is -2.13. The minimum atomic E-state index is -3.92. The Morgan fingerprint density at radius 1 is 1.00 bits per heavy atom. The van der Waals surface area contributed by atoms with Crippen LogP contribution in [0.1, 0.15) is 37.5 Å². The molecule has 33 heavy (non-hydrogen) atoms. The van der Waals surface area contributed by atoms with E-state index in [0.29, 0.717) is 11.6 Å². The first-order valence-corrected chi connectivity index (χ1v) is 12.2. The molecule has 0 unspecified atom stereocenters. The molecule has 0 fully saturated rings. The average Bonchev–Trinajstić information content (AvgIpc) is 2.76. The van der Waals surface area contributed by atoms with Gasteiger partial charge in [-0.05, 0) is 87.2 Å². The van der Waals surface area contributed by atoms with E-state index >= 15 is 0 Å². The molecule has 1 amide bonds. The van der Waals surface area contributed by atoms with E-state index in [-0.39, 0.29) is 4.90 Å². The first kappa shape index (κ1) is 24.2. The van der Waals surface area contributed by atoms with Crippen LogP contribution in [0.15, 0.2) is 71.3 Å². The van der Waals surface area contributed by atoms with Crippen LogP contribution in [0.25, 0.3) is 17.2 Å². The molecule has 1 heterocycles. The van der Waals surface area contributed by atoms with Gasteiger partial charge in [-0.2, -0.15) is 0 Å². The number of sulfonamides is 1.